The maximum atomic E-state index is 12.1. The third-order valence-corrected chi connectivity index (χ3v) is 3.81. The molecular weight excluding hydrogens is 284 g/mol. The van der Waals surface area contributed by atoms with E-state index in [9.17, 15) is 4.79 Å². The Hall–Kier alpha value is -1.85. The number of carbonyl (C=O) groups is 1. The maximum Gasteiger partial charge on any atom is 0.253 e. The molecule has 21 heavy (non-hydrogen) atoms. The molecular formula is C16H18N2O2S. The lowest BCUT2D eigenvalue weighted by molar-refractivity contribution is -0.131. The van der Waals surface area contributed by atoms with Crippen molar-refractivity contribution in [3.63, 3.8) is 0 Å². The average molecular weight is 302 g/mol. The second kappa shape index (κ2) is 8.44. The summed E-state index contributed by atoms with van der Waals surface area (Å²) in [6, 6.07) is 15.3. The molecule has 5 heteroatoms. The van der Waals surface area contributed by atoms with Crippen molar-refractivity contribution in [1.82, 2.24) is 10.3 Å². The van der Waals surface area contributed by atoms with E-state index in [0.717, 1.165) is 16.3 Å². The Morgan fingerprint density at radius 2 is 2.00 bits per heavy atom. The van der Waals surface area contributed by atoms with Gasteiger partial charge in [-0.1, -0.05) is 36.4 Å². The molecule has 1 heterocycles. The molecule has 110 valence electrons. The fourth-order valence-corrected chi connectivity index (χ4v) is 2.60. The van der Waals surface area contributed by atoms with Gasteiger partial charge in [-0.25, -0.2) is 4.98 Å². The zero-order valence-electron chi connectivity index (χ0n) is 11.9. The average Bonchev–Trinajstić information content (AvgIpc) is 2.54. The first-order valence-electron chi connectivity index (χ1n) is 6.70. The van der Waals surface area contributed by atoms with Crippen molar-refractivity contribution in [2.24, 2.45) is 0 Å². The molecule has 0 saturated heterocycles. The van der Waals surface area contributed by atoms with Crippen molar-refractivity contribution in [2.45, 2.75) is 11.1 Å². The van der Waals surface area contributed by atoms with Crippen LogP contribution in [0.4, 0.5) is 0 Å². The first kappa shape index (κ1) is 15.5. The largest absolute Gasteiger partial charge is 0.367 e. The Labute approximate surface area is 128 Å². The lowest BCUT2D eigenvalue weighted by atomic mass is 10.1. The monoisotopic (exact) mass is 302 g/mol. The van der Waals surface area contributed by atoms with Gasteiger partial charge in [0, 0.05) is 25.6 Å². The van der Waals surface area contributed by atoms with Crippen LogP contribution >= 0.6 is 11.8 Å². The standard InChI is InChI=1S/C16H18N2O2S/c1-20-15(13-7-3-2-4-8-13)16(19)18-11-12-21-14-9-5-6-10-17-14/h2-10,15H,11-12H2,1H3,(H,18,19)/t15-/m1/s1. The highest BCUT2D eigenvalue weighted by Gasteiger charge is 2.18. The summed E-state index contributed by atoms with van der Waals surface area (Å²) in [5.74, 6) is 0.652. The Kier molecular flexibility index (Phi) is 6.24. The van der Waals surface area contributed by atoms with E-state index in [4.69, 9.17) is 4.74 Å². The van der Waals surface area contributed by atoms with Crippen LogP contribution in [0.2, 0.25) is 0 Å². The number of carbonyl (C=O) groups excluding carboxylic acids is 1. The number of benzene rings is 1. The summed E-state index contributed by atoms with van der Waals surface area (Å²) in [5, 5.41) is 3.85. The fraction of sp³-hybridized carbons (Fsp3) is 0.250. The highest BCUT2D eigenvalue weighted by Crippen LogP contribution is 2.16. The maximum absolute atomic E-state index is 12.1. The van der Waals surface area contributed by atoms with Crippen molar-refractivity contribution in [1.29, 1.82) is 0 Å². The summed E-state index contributed by atoms with van der Waals surface area (Å²) in [5.41, 5.74) is 0.856. The van der Waals surface area contributed by atoms with Crippen LogP contribution in [0.5, 0.6) is 0 Å². The molecule has 0 bridgehead atoms. The van der Waals surface area contributed by atoms with E-state index in [-0.39, 0.29) is 5.91 Å². The zero-order chi connectivity index (χ0) is 14.9. The van der Waals surface area contributed by atoms with Gasteiger partial charge in [0.2, 0.25) is 0 Å². The summed E-state index contributed by atoms with van der Waals surface area (Å²) in [7, 11) is 1.54. The predicted molar refractivity (Wildman–Crippen MR) is 84.2 cm³/mol. The number of ether oxygens (including phenoxy) is 1. The van der Waals surface area contributed by atoms with Crippen LogP contribution in [0, 0.1) is 0 Å². The molecule has 0 aliphatic carbocycles. The van der Waals surface area contributed by atoms with E-state index in [0.29, 0.717) is 6.54 Å². The SMILES string of the molecule is CO[C@@H](C(=O)NCCSc1ccccn1)c1ccccc1. The van der Waals surface area contributed by atoms with Crippen LogP contribution in [-0.2, 0) is 9.53 Å². The van der Waals surface area contributed by atoms with E-state index in [1.807, 2.05) is 48.5 Å². The summed E-state index contributed by atoms with van der Waals surface area (Å²) in [4.78, 5) is 16.3. The Bertz CT molecular complexity index is 549. The summed E-state index contributed by atoms with van der Waals surface area (Å²) >= 11 is 1.61. The molecule has 1 aromatic carbocycles. The van der Waals surface area contributed by atoms with Gasteiger partial charge in [0.15, 0.2) is 6.10 Å². The minimum Gasteiger partial charge on any atom is -0.367 e. The van der Waals surface area contributed by atoms with Crippen LogP contribution < -0.4 is 5.32 Å². The molecule has 1 N–H and O–H groups in total. The molecule has 2 aromatic rings. The van der Waals surface area contributed by atoms with Crippen LogP contribution in [0.1, 0.15) is 11.7 Å². The first-order chi connectivity index (χ1) is 10.3. The van der Waals surface area contributed by atoms with Gasteiger partial charge in [0.25, 0.3) is 5.91 Å². The van der Waals surface area contributed by atoms with Gasteiger partial charge >= 0.3 is 0 Å². The van der Waals surface area contributed by atoms with Gasteiger partial charge in [0.05, 0.1) is 5.03 Å². The quantitative estimate of drug-likeness (QED) is 0.631. The number of nitrogens with one attached hydrogen (secondary N) is 1. The molecule has 0 aliphatic rings. The van der Waals surface area contributed by atoms with Crippen molar-refractivity contribution in [3.8, 4) is 0 Å². The van der Waals surface area contributed by atoms with Crippen LogP contribution in [-0.4, -0.2) is 30.3 Å². The molecule has 1 atom stereocenters. The molecule has 1 aromatic heterocycles. The lowest BCUT2D eigenvalue weighted by Crippen LogP contribution is -2.32. The Balaban J connectivity index is 1.78. The number of methoxy groups -OCH3 is 1. The number of aromatic nitrogens is 1. The molecule has 0 unspecified atom stereocenters. The van der Waals surface area contributed by atoms with Crippen molar-refractivity contribution in [3.05, 3.63) is 60.3 Å². The molecule has 0 fully saturated rings. The smallest absolute Gasteiger partial charge is 0.253 e. The van der Waals surface area contributed by atoms with Crippen LogP contribution in [0.15, 0.2) is 59.8 Å². The lowest BCUT2D eigenvalue weighted by Gasteiger charge is -2.15. The van der Waals surface area contributed by atoms with Gasteiger partial charge in [-0.2, -0.15) is 0 Å². The second-order valence-corrected chi connectivity index (χ2v) is 5.45. The zero-order valence-corrected chi connectivity index (χ0v) is 12.7. The number of hydrogen-bond donors (Lipinski definition) is 1. The third kappa shape index (κ3) is 4.88. The van der Waals surface area contributed by atoms with E-state index >= 15 is 0 Å². The highest BCUT2D eigenvalue weighted by atomic mass is 32.2. The van der Waals surface area contributed by atoms with Crippen molar-refractivity contribution < 1.29 is 9.53 Å². The third-order valence-electron chi connectivity index (χ3n) is 2.87. The number of hydrogen-bond acceptors (Lipinski definition) is 4. The predicted octanol–water partition coefficient (Wildman–Crippen LogP) is 2.68. The number of nitrogens with zero attached hydrogens (tertiary/aromatic N) is 1. The number of amides is 1. The van der Waals surface area contributed by atoms with E-state index in [1.54, 1.807) is 25.1 Å². The second-order valence-electron chi connectivity index (χ2n) is 4.33. The van der Waals surface area contributed by atoms with E-state index in [2.05, 4.69) is 10.3 Å². The number of pyridine rings is 1. The minimum absolute atomic E-state index is 0.120. The molecule has 0 radical (unpaired) electrons. The van der Waals surface area contributed by atoms with Gasteiger partial charge < -0.3 is 10.1 Å². The molecule has 0 saturated carbocycles. The number of rotatable bonds is 7. The van der Waals surface area contributed by atoms with Crippen LogP contribution in [0.25, 0.3) is 0 Å². The Morgan fingerprint density at radius 3 is 2.67 bits per heavy atom. The first-order valence-corrected chi connectivity index (χ1v) is 7.69. The van der Waals surface area contributed by atoms with Crippen LogP contribution in [0.3, 0.4) is 0 Å². The topological polar surface area (TPSA) is 51.2 Å². The van der Waals surface area contributed by atoms with Crippen molar-refractivity contribution >= 4 is 17.7 Å². The fourth-order valence-electron chi connectivity index (χ4n) is 1.88. The molecule has 2 rings (SSSR count). The molecule has 1 amide bonds. The summed E-state index contributed by atoms with van der Waals surface area (Å²) in [6.07, 6.45) is 1.20. The van der Waals surface area contributed by atoms with Gasteiger partial charge in [0.1, 0.15) is 0 Å². The Morgan fingerprint density at radius 1 is 1.24 bits per heavy atom. The molecule has 0 aliphatic heterocycles. The molecule has 0 spiro atoms. The van der Waals surface area contributed by atoms with E-state index < -0.39 is 6.10 Å². The van der Waals surface area contributed by atoms with E-state index in [1.165, 1.54) is 0 Å². The summed E-state index contributed by atoms with van der Waals surface area (Å²) < 4.78 is 5.28. The minimum atomic E-state index is -0.564. The van der Waals surface area contributed by atoms with Crippen molar-refractivity contribution in [2.75, 3.05) is 19.4 Å². The normalized spacial score (nSPS) is 11.9. The summed E-state index contributed by atoms with van der Waals surface area (Å²) in [6.45, 7) is 0.576. The van der Waals surface area contributed by atoms with Gasteiger partial charge in [-0.15, -0.1) is 11.8 Å². The van der Waals surface area contributed by atoms with Gasteiger partial charge in [-0.3, -0.25) is 4.79 Å². The molecule has 4 nitrogen and oxygen atoms in total. The highest BCUT2D eigenvalue weighted by molar-refractivity contribution is 7.99. The van der Waals surface area contributed by atoms with Gasteiger partial charge in [-0.05, 0) is 17.7 Å². The number of thioether (sulfide) groups is 1.